The summed E-state index contributed by atoms with van der Waals surface area (Å²) in [6, 6.07) is 10.4. The number of carbonyl (C=O) groups is 2. The lowest BCUT2D eigenvalue weighted by molar-refractivity contribution is 0.0553. The molecule has 10 heteroatoms. The number of amides is 1. The van der Waals surface area contributed by atoms with Crippen molar-refractivity contribution >= 4 is 34.9 Å². The summed E-state index contributed by atoms with van der Waals surface area (Å²) in [6.07, 6.45) is 4.87. The smallest absolute Gasteiger partial charge is 0.251 e. The maximum absolute atomic E-state index is 13.0. The van der Waals surface area contributed by atoms with Crippen LogP contribution in [-0.4, -0.2) is 75.8 Å². The van der Waals surface area contributed by atoms with Crippen LogP contribution >= 0.6 is 23.2 Å². The summed E-state index contributed by atoms with van der Waals surface area (Å²) in [5.74, 6) is 0.899. The first-order valence-corrected chi connectivity index (χ1v) is 13.9. The second-order valence-electron chi connectivity index (χ2n) is 9.59. The molecule has 1 unspecified atom stereocenters. The number of Topliss-reactive ketones (excluding diaryl/α,β-unsaturated/α-hetero) is 1. The molecular weight excluding hydrogens is 543 g/mol. The first-order valence-electron chi connectivity index (χ1n) is 13.1. The van der Waals surface area contributed by atoms with Crippen LogP contribution in [0.3, 0.4) is 0 Å². The minimum Gasteiger partial charge on any atom is -0.493 e. The van der Waals surface area contributed by atoms with Crippen LogP contribution in [0.5, 0.6) is 11.5 Å². The predicted octanol–water partition coefficient (Wildman–Crippen LogP) is 5.17. The quantitative estimate of drug-likeness (QED) is 0.275. The normalized spacial score (nSPS) is 17.6. The fourth-order valence-electron chi connectivity index (χ4n) is 4.68. The minimum atomic E-state index is -0.378. The number of benzene rings is 2. The van der Waals surface area contributed by atoms with Gasteiger partial charge < -0.3 is 29.2 Å². The predicted molar refractivity (Wildman–Crippen MR) is 150 cm³/mol. The standard InChI is InChI=1S/C29H34Cl2N2O6/c1-36-18-21(37-2)17-26-28(34)27-24(6-5-7-25(27)39-26)38-15-4-3-12-33-13-10-20(11-14-33)32-29(35)19-8-9-22(30)23(31)16-19/h5-9,16-17,20-21H,3-4,10-15,18H2,1-2H3,(H,32,35). The van der Waals surface area contributed by atoms with Crippen molar-refractivity contribution in [3.05, 3.63) is 69.4 Å². The first-order chi connectivity index (χ1) is 18.9. The molecule has 1 fully saturated rings. The number of carbonyl (C=O) groups excluding carboxylic acids is 2. The SMILES string of the molecule is COCC(C=C1Oc2cccc(OCCCCN3CCC(NC(=O)c4ccc(Cl)c(Cl)c4)CC3)c2C1=O)OC. The van der Waals surface area contributed by atoms with Crippen LogP contribution in [0.2, 0.25) is 10.0 Å². The van der Waals surface area contributed by atoms with Gasteiger partial charge in [-0.1, -0.05) is 29.3 Å². The molecule has 0 saturated carbocycles. The summed E-state index contributed by atoms with van der Waals surface area (Å²) in [4.78, 5) is 27.9. The number of hydrogen-bond acceptors (Lipinski definition) is 7. The number of allylic oxidation sites excluding steroid dienone is 1. The zero-order valence-corrected chi connectivity index (χ0v) is 23.7. The Bertz CT molecular complexity index is 1200. The molecule has 1 N–H and O–H groups in total. The van der Waals surface area contributed by atoms with Crippen molar-refractivity contribution in [3.63, 3.8) is 0 Å². The first kappa shape index (κ1) is 29.4. The van der Waals surface area contributed by atoms with Crippen molar-refractivity contribution in [2.45, 2.75) is 37.8 Å². The molecule has 2 heterocycles. The highest BCUT2D eigenvalue weighted by molar-refractivity contribution is 6.42. The largest absolute Gasteiger partial charge is 0.493 e. The van der Waals surface area contributed by atoms with Crippen molar-refractivity contribution in [2.24, 2.45) is 0 Å². The Morgan fingerprint density at radius 3 is 2.67 bits per heavy atom. The van der Waals surface area contributed by atoms with E-state index >= 15 is 0 Å². The van der Waals surface area contributed by atoms with Crippen molar-refractivity contribution in [3.8, 4) is 11.5 Å². The van der Waals surface area contributed by atoms with Gasteiger partial charge in [0.15, 0.2) is 5.76 Å². The third kappa shape index (κ3) is 7.74. The van der Waals surface area contributed by atoms with Crippen LogP contribution in [0.15, 0.2) is 48.2 Å². The molecule has 0 aliphatic carbocycles. The number of nitrogens with one attached hydrogen (secondary N) is 1. The fourth-order valence-corrected chi connectivity index (χ4v) is 4.98. The van der Waals surface area contributed by atoms with E-state index in [4.69, 9.17) is 42.1 Å². The number of likely N-dealkylation sites (tertiary alicyclic amines) is 1. The Labute approximate surface area is 239 Å². The van der Waals surface area contributed by atoms with Gasteiger partial charge in [-0.3, -0.25) is 9.59 Å². The monoisotopic (exact) mass is 576 g/mol. The highest BCUT2D eigenvalue weighted by atomic mass is 35.5. The van der Waals surface area contributed by atoms with Crippen LogP contribution < -0.4 is 14.8 Å². The molecule has 0 radical (unpaired) electrons. The zero-order valence-electron chi connectivity index (χ0n) is 22.2. The van der Waals surface area contributed by atoms with E-state index in [1.54, 1.807) is 50.6 Å². The number of methoxy groups -OCH3 is 2. The molecule has 4 rings (SSSR count). The van der Waals surface area contributed by atoms with Gasteiger partial charge in [0.1, 0.15) is 23.2 Å². The number of ether oxygens (including phenoxy) is 4. The Kier molecular flexibility index (Phi) is 10.6. The number of rotatable bonds is 12. The molecule has 2 aliphatic rings. The van der Waals surface area contributed by atoms with Gasteiger partial charge in [0.05, 0.1) is 23.3 Å². The van der Waals surface area contributed by atoms with E-state index in [0.29, 0.717) is 45.9 Å². The molecule has 2 aliphatic heterocycles. The summed E-state index contributed by atoms with van der Waals surface area (Å²) in [7, 11) is 3.13. The Hall–Kier alpha value is -2.62. The number of fused-ring (bicyclic) bond motifs is 1. The van der Waals surface area contributed by atoms with Crippen molar-refractivity contribution in [1.29, 1.82) is 0 Å². The van der Waals surface area contributed by atoms with Crippen LogP contribution in [0.1, 0.15) is 46.4 Å². The zero-order chi connectivity index (χ0) is 27.8. The van der Waals surface area contributed by atoms with Gasteiger partial charge in [-0.2, -0.15) is 0 Å². The van der Waals surface area contributed by atoms with Crippen molar-refractivity contribution < 1.29 is 28.5 Å². The average molecular weight is 578 g/mol. The molecule has 2 aromatic rings. The van der Waals surface area contributed by atoms with E-state index in [-0.39, 0.29) is 29.6 Å². The van der Waals surface area contributed by atoms with Gasteiger partial charge in [-0.15, -0.1) is 0 Å². The average Bonchev–Trinajstić information content (AvgIpc) is 3.26. The molecule has 39 heavy (non-hydrogen) atoms. The van der Waals surface area contributed by atoms with Crippen LogP contribution in [0.4, 0.5) is 0 Å². The van der Waals surface area contributed by atoms with Crippen LogP contribution in [-0.2, 0) is 9.47 Å². The van der Waals surface area contributed by atoms with E-state index < -0.39 is 0 Å². The number of piperidine rings is 1. The maximum atomic E-state index is 13.0. The summed E-state index contributed by atoms with van der Waals surface area (Å²) >= 11 is 12.0. The minimum absolute atomic E-state index is 0.128. The van der Waals surface area contributed by atoms with Gasteiger partial charge >= 0.3 is 0 Å². The summed E-state index contributed by atoms with van der Waals surface area (Å²) in [5, 5.41) is 3.91. The van der Waals surface area contributed by atoms with E-state index in [1.165, 1.54) is 0 Å². The lowest BCUT2D eigenvalue weighted by Gasteiger charge is -2.32. The van der Waals surface area contributed by atoms with E-state index in [2.05, 4.69) is 10.2 Å². The molecule has 0 bridgehead atoms. The molecule has 1 saturated heterocycles. The van der Waals surface area contributed by atoms with Crippen molar-refractivity contribution in [1.82, 2.24) is 10.2 Å². The molecule has 0 aromatic heterocycles. The van der Waals surface area contributed by atoms with Crippen molar-refractivity contribution in [2.75, 3.05) is 47.1 Å². The summed E-state index contributed by atoms with van der Waals surface area (Å²) < 4.78 is 22.2. The van der Waals surface area contributed by atoms with E-state index in [1.807, 2.05) is 6.07 Å². The number of unbranched alkanes of at least 4 members (excludes halogenated alkanes) is 1. The van der Waals surface area contributed by atoms with E-state index in [0.717, 1.165) is 45.3 Å². The second-order valence-corrected chi connectivity index (χ2v) is 10.4. The highest BCUT2D eigenvalue weighted by Crippen LogP contribution is 2.37. The summed E-state index contributed by atoms with van der Waals surface area (Å²) in [5.41, 5.74) is 0.961. The molecule has 1 atom stereocenters. The Morgan fingerprint density at radius 1 is 1.15 bits per heavy atom. The molecule has 8 nitrogen and oxygen atoms in total. The molecule has 2 aromatic carbocycles. The molecule has 210 valence electrons. The van der Waals surface area contributed by atoms with Crippen LogP contribution in [0.25, 0.3) is 0 Å². The fraction of sp³-hybridized carbons (Fsp3) is 0.448. The van der Waals surface area contributed by atoms with Crippen LogP contribution in [0, 0.1) is 0 Å². The highest BCUT2D eigenvalue weighted by Gasteiger charge is 2.31. The molecular formula is C29H34Cl2N2O6. The number of ketones is 1. The van der Waals surface area contributed by atoms with Gasteiger partial charge in [0.25, 0.3) is 5.91 Å². The molecule has 1 amide bonds. The maximum Gasteiger partial charge on any atom is 0.251 e. The lowest BCUT2D eigenvalue weighted by Crippen LogP contribution is -2.44. The Balaban J connectivity index is 1.17. The number of hydrogen-bond donors (Lipinski definition) is 1. The van der Waals surface area contributed by atoms with Gasteiger partial charge in [0.2, 0.25) is 5.78 Å². The molecule has 0 spiro atoms. The Morgan fingerprint density at radius 2 is 1.95 bits per heavy atom. The lowest BCUT2D eigenvalue weighted by atomic mass is 10.0. The third-order valence-corrected chi connectivity index (χ3v) is 7.60. The number of halogens is 2. The summed E-state index contributed by atoms with van der Waals surface area (Å²) in [6.45, 7) is 3.62. The third-order valence-electron chi connectivity index (χ3n) is 6.86. The topological polar surface area (TPSA) is 86.3 Å². The van der Waals surface area contributed by atoms with Gasteiger partial charge in [-0.25, -0.2) is 0 Å². The van der Waals surface area contributed by atoms with Gasteiger partial charge in [0, 0.05) is 38.9 Å². The van der Waals surface area contributed by atoms with E-state index in [9.17, 15) is 9.59 Å². The second kappa shape index (κ2) is 14.1. The number of nitrogens with zero attached hydrogens (tertiary/aromatic N) is 1. The van der Waals surface area contributed by atoms with Gasteiger partial charge in [-0.05, 0) is 68.6 Å².